The quantitative estimate of drug-likeness (QED) is 0.152. The molecule has 0 fully saturated rings. The molecule has 5 nitrogen and oxygen atoms in total. The smallest absolute Gasteiger partial charge is 0.224 e. The van der Waals surface area contributed by atoms with Crippen LogP contribution in [0, 0.1) is 23.8 Å². The second kappa shape index (κ2) is 11.2. The van der Waals surface area contributed by atoms with Crippen LogP contribution in [0.2, 0.25) is 0 Å². The van der Waals surface area contributed by atoms with Gasteiger partial charge in [0.2, 0.25) is 23.8 Å². The third-order valence-corrected chi connectivity index (χ3v) is 7.02. The van der Waals surface area contributed by atoms with Gasteiger partial charge in [-0.2, -0.15) is 27.5 Å². The first-order chi connectivity index (χ1) is 20.2. The summed E-state index contributed by atoms with van der Waals surface area (Å²) in [5.41, 5.74) is 2.97. The molecule has 43 heavy (non-hydrogen) atoms. The summed E-state index contributed by atoms with van der Waals surface area (Å²) in [6.07, 6.45) is 0. The molecule has 0 amide bonds. The van der Waals surface area contributed by atoms with E-state index in [0.717, 1.165) is 28.9 Å². The van der Waals surface area contributed by atoms with Gasteiger partial charge in [0.05, 0.1) is 22.5 Å². The van der Waals surface area contributed by atoms with Gasteiger partial charge < -0.3 is 0 Å². The maximum absolute atomic E-state index is 14.7. The van der Waals surface area contributed by atoms with Crippen LogP contribution in [0.15, 0.2) is 78.9 Å². The topological polar surface area (TPSA) is 54.8 Å². The van der Waals surface area contributed by atoms with E-state index in [-0.39, 0.29) is 33.3 Å². The molecule has 0 aliphatic carbocycles. The minimum absolute atomic E-state index is 0.0307. The average Bonchev–Trinajstić information content (AvgIpc) is 2.92. The summed E-state index contributed by atoms with van der Waals surface area (Å²) >= 11 is 0. The predicted octanol–water partition coefficient (Wildman–Crippen LogP) is 9.22. The van der Waals surface area contributed by atoms with Crippen molar-refractivity contribution in [2.75, 3.05) is 4.90 Å². The Kier molecular flexibility index (Phi) is 7.77. The molecule has 9 heteroatoms. The van der Waals surface area contributed by atoms with E-state index in [4.69, 9.17) is 9.97 Å². The Bertz CT molecular complexity index is 1680. The molecule has 5 aromatic rings. The Morgan fingerprint density at radius 3 is 1.30 bits per heavy atom. The van der Waals surface area contributed by atoms with Crippen LogP contribution in [0.25, 0.3) is 22.5 Å². The number of hydrogen-bond donors (Lipinski definition) is 0. The summed E-state index contributed by atoms with van der Waals surface area (Å²) in [5.74, 6) is -3.07. The van der Waals surface area contributed by atoms with Crippen LogP contribution >= 0.6 is 0 Å². The van der Waals surface area contributed by atoms with Gasteiger partial charge in [-0.1, -0.05) is 59.7 Å². The maximum Gasteiger partial charge on any atom is 0.224 e. The van der Waals surface area contributed by atoms with Crippen LogP contribution in [0.5, 0.6) is 0 Å². The summed E-state index contributed by atoms with van der Waals surface area (Å²) < 4.78 is 56.5. The molecular weight excluding hydrogens is 554 g/mol. The molecule has 220 valence electrons. The largest absolute Gasteiger partial charge is 0.279 e. The van der Waals surface area contributed by atoms with Gasteiger partial charge in [0, 0.05) is 5.69 Å². The lowest BCUT2D eigenvalue weighted by Gasteiger charge is -2.30. The molecule has 0 aliphatic heterocycles. The van der Waals surface area contributed by atoms with Crippen molar-refractivity contribution in [1.29, 1.82) is 0 Å². The summed E-state index contributed by atoms with van der Waals surface area (Å²) in [7, 11) is 0. The fourth-order valence-corrected chi connectivity index (χ4v) is 4.59. The Labute approximate surface area is 248 Å². The van der Waals surface area contributed by atoms with Crippen molar-refractivity contribution in [3.05, 3.63) is 114 Å². The number of pyridine rings is 4. The second-order valence-electron chi connectivity index (χ2n) is 12.3. The monoisotopic (exact) mass is 585 g/mol. The van der Waals surface area contributed by atoms with E-state index in [2.05, 4.69) is 57.6 Å². The Balaban J connectivity index is 1.76. The first-order valence-electron chi connectivity index (χ1n) is 13.8. The highest BCUT2D eigenvalue weighted by molar-refractivity contribution is 5.76. The number of rotatable bonds is 5. The van der Waals surface area contributed by atoms with Crippen molar-refractivity contribution in [3.8, 4) is 22.5 Å². The molecule has 4 heterocycles. The van der Waals surface area contributed by atoms with Crippen LogP contribution in [0.3, 0.4) is 0 Å². The van der Waals surface area contributed by atoms with E-state index in [9.17, 15) is 17.6 Å². The highest BCUT2D eigenvalue weighted by Crippen LogP contribution is 2.40. The van der Waals surface area contributed by atoms with Gasteiger partial charge in [0.15, 0.2) is 0 Å². The zero-order chi connectivity index (χ0) is 31.1. The van der Waals surface area contributed by atoms with Gasteiger partial charge in [-0.15, -0.1) is 0 Å². The maximum atomic E-state index is 14.7. The van der Waals surface area contributed by atoms with E-state index in [1.54, 1.807) is 41.3 Å². The highest BCUT2D eigenvalue weighted by atomic mass is 19.1. The molecule has 0 aliphatic rings. The van der Waals surface area contributed by atoms with Gasteiger partial charge in [0.1, 0.15) is 11.6 Å². The third kappa shape index (κ3) is 6.40. The standard InChI is InChI=1S/C34H31F4N5/c1-33(2,3)20-17-21(34(4,5)6)19-22(18-20)43(29-11-7-9-25(39-29)23-13-15-27(35)41-31(23)37)30-12-8-10-26(40-30)24-14-16-28(36)42-32(24)38/h7-19H,1-6H3. The molecule has 0 bridgehead atoms. The minimum Gasteiger partial charge on any atom is -0.279 e. The van der Waals surface area contributed by atoms with E-state index >= 15 is 0 Å². The molecule has 0 atom stereocenters. The lowest BCUT2D eigenvalue weighted by Crippen LogP contribution is -2.20. The molecule has 4 aromatic heterocycles. The van der Waals surface area contributed by atoms with Crippen molar-refractivity contribution >= 4 is 17.3 Å². The van der Waals surface area contributed by atoms with Crippen molar-refractivity contribution in [1.82, 2.24) is 19.9 Å². The molecular formula is C34H31F4N5. The van der Waals surface area contributed by atoms with Gasteiger partial charge in [-0.3, -0.25) is 4.90 Å². The number of nitrogens with zero attached hydrogens (tertiary/aromatic N) is 5. The molecule has 1 aromatic carbocycles. The van der Waals surface area contributed by atoms with Crippen molar-refractivity contribution < 1.29 is 17.6 Å². The minimum atomic E-state index is -0.986. The van der Waals surface area contributed by atoms with Crippen LogP contribution in [0.1, 0.15) is 52.7 Å². The SMILES string of the molecule is CC(C)(C)c1cc(N(c2cccc(-c3ccc(F)nc3F)n2)c2cccc(-c3ccc(F)nc3F)n2)cc(C(C)(C)C)c1. The molecule has 5 rings (SSSR count). The molecule has 0 unspecified atom stereocenters. The van der Waals surface area contributed by atoms with E-state index in [0.29, 0.717) is 11.6 Å². The molecule has 0 N–H and O–H groups in total. The van der Waals surface area contributed by atoms with Gasteiger partial charge in [-0.05, 0) is 82.6 Å². The Morgan fingerprint density at radius 1 is 0.512 bits per heavy atom. The average molecular weight is 586 g/mol. The normalized spacial score (nSPS) is 12.0. The van der Waals surface area contributed by atoms with Crippen LogP contribution in [0.4, 0.5) is 34.9 Å². The Hall–Kier alpha value is -4.66. The molecule has 0 radical (unpaired) electrons. The van der Waals surface area contributed by atoms with E-state index in [1.165, 1.54) is 12.1 Å². The third-order valence-electron chi connectivity index (χ3n) is 7.02. The first kappa shape index (κ1) is 29.8. The summed E-state index contributed by atoms with van der Waals surface area (Å²) in [6, 6.07) is 21.1. The zero-order valence-corrected chi connectivity index (χ0v) is 24.8. The van der Waals surface area contributed by atoms with Gasteiger partial charge >= 0.3 is 0 Å². The summed E-state index contributed by atoms with van der Waals surface area (Å²) in [4.78, 5) is 17.9. The molecule has 0 spiro atoms. The number of hydrogen-bond acceptors (Lipinski definition) is 5. The zero-order valence-electron chi connectivity index (χ0n) is 24.8. The van der Waals surface area contributed by atoms with E-state index < -0.39 is 23.8 Å². The van der Waals surface area contributed by atoms with Crippen molar-refractivity contribution in [2.45, 2.75) is 52.4 Å². The number of halogens is 4. The first-order valence-corrected chi connectivity index (χ1v) is 13.8. The predicted molar refractivity (Wildman–Crippen MR) is 160 cm³/mol. The van der Waals surface area contributed by atoms with Crippen LogP contribution in [-0.4, -0.2) is 19.9 Å². The summed E-state index contributed by atoms with van der Waals surface area (Å²) in [5, 5.41) is 0. The highest BCUT2D eigenvalue weighted by Gasteiger charge is 2.25. The number of anilines is 3. The lowest BCUT2D eigenvalue weighted by molar-refractivity contribution is 0.514. The van der Waals surface area contributed by atoms with Crippen molar-refractivity contribution in [2.24, 2.45) is 0 Å². The van der Waals surface area contributed by atoms with E-state index in [1.807, 2.05) is 12.1 Å². The number of aromatic nitrogens is 4. The fraction of sp³-hybridized carbons (Fsp3) is 0.235. The van der Waals surface area contributed by atoms with Crippen LogP contribution in [-0.2, 0) is 10.8 Å². The fourth-order valence-electron chi connectivity index (χ4n) is 4.59. The Morgan fingerprint density at radius 2 is 0.930 bits per heavy atom. The van der Waals surface area contributed by atoms with Gasteiger partial charge in [-0.25, -0.2) is 9.97 Å². The summed E-state index contributed by atoms with van der Waals surface area (Å²) in [6.45, 7) is 12.7. The number of benzene rings is 1. The second-order valence-corrected chi connectivity index (χ2v) is 12.3. The van der Waals surface area contributed by atoms with Crippen LogP contribution < -0.4 is 4.90 Å². The van der Waals surface area contributed by atoms with Gasteiger partial charge in [0.25, 0.3) is 0 Å². The molecule has 0 saturated heterocycles. The lowest BCUT2D eigenvalue weighted by atomic mass is 9.80. The molecule has 0 saturated carbocycles. The van der Waals surface area contributed by atoms with Crippen molar-refractivity contribution in [3.63, 3.8) is 0 Å².